The monoisotopic (exact) mass is 1900 g/mol. The third-order valence-corrected chi connectivity index (χ3v) is 11.3. The van der Waals surface area contributed by atoms with Gasteiger partial charge in [-0.2, -0.15) is 145 Å². The van der Waals surface area contributed by atoms with Gasteiger partial charge < -0.3 is 83.7 Å². The molecule has 0 atom stereocenters. The minimum Gasteiger partial charge on any atom is -0.419 e. The maximum Gasteiger partial charge on any atom is 0.0346 e. The molecule has 0 amide bonds. The second-order valence-electron chi connectivity index (χ2n) is 18.7. The number of nitrogens with two attached hydrogens (primary N) is 12. The summed E-state index contributed by atoms with van der Waals surface area (Å²) in [7, 11) is 9.00. The first-order valence-corrected chi connectivity index (χ1v) is 37.9. The Bertz CT molecular complexity index is 3000. The summed E-state index contributed by atoms with van der Waals surface area (Å²) in [5.74, 6) is 0. The average Bonchev–Trinajstić information content (AvgIpc) is 0.873. The van der Waals surface area contributed by atoms with E-state index in [9.17, 15) is 0 Å². The summed E-state index contributed by atoms with van der Waals surface area (Å²) >= 11 is 0. The first kappa shape index (κ1) is 159. The fourth-order valence-corrected chi connectivity index (χ4v) is 6.41. The van der Waals surface area contributed by atoms with Gasteiger partial charge in [-0.25, -0.2) is 0 Å². The fourth-order valence-electron chi connectivity index (χ4n) is 6.41. The molecule has 0 saturated carbocycles. The van der Waals surface area contributed by atoms with Gasteiger partial charge in [0.2, 0.25) is 0 Å². The van der Waals surface area contributed by atoms with Crippen molar-refractivity contribution in [1.82, 2.24) is 0 Å². The fraction of sp³-hybridized carbons (Fsp3) is 0.287. The molecule has 650 valence electrons. The molecule has 12 aromatic carbocycles. The van der Waals surface area contributed by atoms with Gasteiger partial charge >= 0.3 is 0 Å². The third-order valence-electron chi connectivity index (χ3n) is 11.3. The smallest absolute Gasteiger partial charge is 0.0346 e. The van der Waals surface area contributed by atoms with Crippen LogP contribution in [0.1, 0.15) is 149 Å². The summed E-state index contributed by atoms with van der Waals surface area (Å²) in [5, 5.41) is 2.62. The molecule has 0 aliphatic carbocycles. The number of hydrogen-bond acceptors (Lipinski definition) is 12. The number of anilines is 6. The molecule has 0 aromatic heterocycles. The summed E-state index contributed by atoms with van der Waals surface area (Å²) in [4.78, 5) is 0. The van der Waals surface area contributed by atoms with Crippen LogP contribution >= 0.6 is 0 Å². The van der Waals surface area contributed by atoms with Crippen molar-refractivity contribution in [2.45, 2.75) is 160 Å². The predicted octanol–water partition coefficient (Wildman–Crippen LogP) is 24.6. The number of aryl methyl sites for hydroxylation is 8. The molecule has 0 fully saturated rings. The Kier molecular flexibility index (Phi) is 192. The van der Waals surface area contributed by atoms with Gasteiger partial charge in [0.15, 0.2) is 0 Å². The molecule has 117 heavy (non-hydrogen) atoms. The first-order valence-electron chi connectivity index (χ1n) is 37.9. The third kappa shape index (κ3) is 119. The molecule has 12 rings (SSSR count). The summed E-state index contributed by atoms with van der Waals surface area (Å²) in [6.07, 6.45) is 0. The zero-order valence-corrected chi connectivity index (χ0v) is 89.3. The molecular weight excluding hydrogens is 1740 g/mol. The van der Waals surface area contributed by atoms with Gasteiger partial charge in [-0.05, 0) is 116 Å². The molecule has 24 N–H and O–H groups in total. The molecule has 12 aromatic rings. The number of benzene rings is 12. The van der Waals surface area contributed by atoms with E-state index in [-0.39, 0.29) is 153 Å². The van der Waals surface area contributed by atoms with Gasteiger partial charge in [0, 0.05) is 142 Å². The Hall–Kier alpha value is -6.12. The van der Waals surface area contributed by atoms with Crippen LogP contribution in [0, 0.1) is 107 Å². The second kappa shape index (κ2) is 142. The van der Waals surface area contributed by atoms with Crippen molar-refractivity contribution < 1.29 is 131 Å². The van der Waals surface area contributed by atoms with Crippen LogP contribution in [0.3, 0.4) is 0 Å². The maximum atomic E-state index is 5.69. The van der Waals surface area contributed by atoms with Crippen molar-refractivity contribution in [2.24, 2.45) is 34.4 Å². The number of nitrogen functional groups attached to an aromatic ring is 6. The van der Waals surface area contributed by atoms with E-state index in [1.165, 1.54) is 75.3 Å². The van der Waals surface area contributed by atoms with Gasteiger partial charge in [0.05, 0.1) is 0 Å². The summed E-state index contributed by atoms with van der Waals surface area (Å²) in [6, 6.07) is 112. The van der Waals surface area contributed by atoms with E-state index in [4.69, 9.17) is 34.4 Å². The molecule has 0 saturated heterocycles. The van der Waals surface area contributed by atoms with Crippen molar-refractivity contribution in [3.63, 3.8) is 0 Å². The molecular formula is C101H166N12Y4-8. The molecule has 16 heteroatoms. The summed E-state index contributed by atoms with van der Waals surface area (Å²) < 4.78 is 0. The Morgan fingerprint density at radius 3 is 0.615 bits per heavy atom. The molecule has 0 bridgehead atoms. The molecule has 4 radical (unpaired) electrons. The van der Waals surface area contributed by atoms with Gasteiger partial charge in [0.1, 0.15) is 0 Å². The Labute approximate surface area is 824 Å². The van der Waals surface area contributed by atoms with Crippen LogP contribution < -0.4 is 68.8 Å². The van der Waals surface area contributed by atoms with Crippen LogP contribution in [0.25, 0.3) is 10.8 Å². The van der Waals surface area contributed by atoms with Crippen LogP contribution in [0.15, 0.2) is 291 Å². The Morgan fingerprint density at radius 2 is 0.453 bits per heavy atom. The standard InChI is InChI=1S/C10H8.C9H13N.C7H9N.4C7H8N.2C6H6.2C6H5.7C2H6.6CH5N.CH4.2CH3.4Y/c1-2-6-10-8-4-3-7-9(10)5-1;1-6-4-8(3)9(10)5-7(6)2;1-6-2-4-7(8)5-3-6;2*1-6-3-2-4-7(8)5-6;2*1-6-4-2-3-5-7(6)8;4*1-2-4-6-5-3-1;13*1-2;;;;;;;/h1-8H;4-5H,10H2,1-3H3;2-5H,8H2,1H3;2*2,4-5H,8H2,1H3;2*3-5H,8H2,1H3;2*1-6H;2*1-5H;7*1-2H3;6*2H2,1H3;1H4;2*1H3;;;;/q;;;4*-1;;;2*-1;;;;;;;;;;;;;;;2*-1;;;;. The van der Waals surface area contributed by atoms with E-state index < -0.39 is 0 Å². The normalized spacial score (nSPS) is 7.13. The van der Waals surface area contributed by atoms with Crippen LogP contribution in [0.5, 0.6) is 0 Å². The van der Waals surface area contributed by atoms with Crippen LogP contribution in [-0.2, 0) is 131 Å². The zero-order valence-electron chi connectivity index (χ0n) is 78.0. The van der Waals surface area contributed by atoms with E-state index in [1.54, 1.807) is 0 Å². The van der Waals surface area contributed by atoms with Crippen molar-refractivity contribution in [3.8, 4) is 0 Å². The minimum atomic E-state index is 0. The van der Waals surface area contributed by atoms with Crippen LogP contribution in [-0.4, -0.2) is 42.3 Å². The molecule has 0 aliphatic rings. The van der Waals surface area contributed by atoms with Gasteiger partial charge in [-0.3, -0.25) is 0 Å². The van der Waals surface area contributed by atoms with E-state index in [0.717, 1.165) is 56.4 Å². The second-order valence-corrected chi connectivity index (χ2v) is 18.7. The molecule has 0 spiro atoms. The van der Waals surface area contributed by atoms with E-state index in [1.807, 2.05) is 375 Å². The first-order chi connectivity index (χ1) is 53.5. The maximum absolute atomic E-state index is 5.69. The van der Waals surface area contributed by atoms with Crippen molar-refractivity contribution in [3.05, 3.63) is 387 Å². The van der Waals surface area contributed by atoms with E-state index in [0.29, 0.717) is 0 Å². The number of hydrogen-bond donors (Lipinski definition) is 12. The van der Waals surface area contributed by atoms with Crippen molar-refractivity contribution in [2.75, 3.05) is 76.7 Å². The van der Waals surface area contributed by atoms with Crippen LogP contribution in [0.2, 0.25) is 0 Å². The SMILES string of the molecule is C.CC.CC.CC.CC.CC.CC.CC.CN.CN.CN.CN.CN.CN.Cc1[c-]ccc(N)c1.Cc1[c-]ccc(N)c1.Cc1c[c-]ccc1N.Cc1c[c-]ccc1N.Cc1cc(C)c(N)cc1C.Cc1ccc(N)cc1.[CH3-].[CH3-].[Y].[Y].[Y].[Y].[c-]1ccccc1.[c-]1ccccc1.c1ccc2ccccc2c1.c1ccccc1.c1ccccc1. The van der Waals surface area contributed by atoms with Gasteiger partial charge in [0.25, 0.3) is 0 Å². The van der Waals surface area contributed by atoms with Gasteiger partial charge in [-0.15, -0.1) is 47.5 Å². The van der Waals surface area contributed by atoms with Crippen molar-refractivity contribution in [1.29, 1.82) is 0 Å². The number of rotatable bonds is 0. The molecule has 0 unspecified atom stereocenters. The molecule has 12 nitrogen and oxygen atoms in total. The summed E-state index contributed by atoms with van der Waals surface area (Å²) in [5.41, 5.74) is 74.4. The molecule has 0 heterocycles. The van der Waals surface area contributed by atoms with Gasteiger partial charge in [-0.1, -0.05) is 300 Å². The topological polar surface area (TPSA) is 312 Å². The van der Waals surface area contributed by atoms with Crippen molar-refractivity contribution >= 4 is 44.9 Å². The Morgan fingerprint density at radius 1 is 0.214 bits per heavy atom. The Balaban J connectivity index is -0.0000000514. The largest absolute Gasteiger partial charge is 0.419 e. The zero-order chi connectivity index (χ0) is 87.4. The number of fused-ring (bicyclic) bond motifs is 1. The quantitative estimate of drug-likeness (QED) is 0.0498. The van der Waals surface area contributed by atoms with Crippen LogP contribution in [0.4, 0.5) is 34.1 Å². The summed E-state index contributed by atoms with van der Waals surface area (Å²) in [6.45, 7) is 44.1. The average molecular weight is 1900 g/mol. The van der Waals surface area contributed by atoms with E-state index in [2.05, 4.69) is 139 Å². The van der Waals surface area contributed by atoms with E-state index >= 15 is 0 Å². The molecule has 0 aliphatic heterocycles. The minimum absolute atomic E-state index is 0. The predicted molar refractivity (Wildman–Crippen MR) is 525 cm³/mol.